The summed E-state index contributed by atoms with van der Waals surface area (Å²) in [6.45, 7) is 5.16. The Bertz CT molecular complexity index is 440. The van der Waals surface area contributed by atoms with E-state index in [4.69, 9.17) is 0 Å². The van der Waals surface area contributed by atoms with Crippen molar-refractivity contribution in [1.82, 2.24) is 10.2 Å². The molecule has 1 amide bonds. The molecule has 1 atom stereocenters. The van der Waals surface area contributed by atoms with E-state index >= 15 is 0 Å². The number of hydrogen-bond donors (Lipinski definition) is 1. The summed E-state index contributed by atoms with van der Waals surface area (Å²) < 4.78 is 0. The van der Waals surface area contributed by atoms with Gasteiger partial charge in [0.2, 0.25) is 5.91 Å². The highest BCUT2D eigenvalue weighted by Crippen LogP contribution is 2.25. The van der Waals surface area contributed by atoms with Crippen molar-refractivity contribution in [2.24, 2.45) is 0 Å². The summed E-state index contributed by atoms with van der Waals surface area (Å²) in [5.41, 5.74) is 2.45. The standard InChI is InChI=1S/C16H24N2O/c1-4-13(5-2)18(3)16(19)15-14-9-7-6-8-12(14)10-11-17-15/h6-9,13,15,17H,4-5,10-11H2,1-3H3. The molecule has 0 radical (unpaired) electrons. The van der Waals surface area contributed by atoms with Gasteiger partial charge < -0.3 is 10.2 Å². The maximum Gasteiger partial charge on any atom is 0.244 e. The Morgan fingerprint density at radius 2 is 2.05 bits per heavy atom. The van der Waals surface area contributed by atoms with Crippen molar-refractivity contribution in [3.63, 3.8) is 0 Å². The Kier molecular flexibility index (Phi) is 4.59. The van der Waals surface area contributed by atoms with Gasteiger partial charge in [0, 0.05) is 19.6 Å². The minimum Gasteiger partial charge on any atom is -0.341 e. The van der Waals surface area contributed by atoms with Crippen LogP contribution in [0.3, 0.4) is 0 Å². The summed E-state index contributed by atoms with van der Waals surface area (Å²) >= 11 is 0. The molecule has 0 aliphatic carbocycles. The third kappa shape index (κ3) is 2.81. The second kappa shape index (κ2) is 6.20. The Morgan fingerprint density at radius 1 is 1.37 bits per heavy atom. The summed E-state index contributed by atoms with van der Waals surface area (Å²) in [7, 11) is 1.93. The first-order valence-corrected chi connectivity index (χ1v) is 7.26. The molecule has 0 spiro atoms. The monoisotopic (exact) mass is 260 g/mol. The zero-order valence-corrected chi connectivity index (χ0v) is 12.1. The van der Waals surface area contributed by atoms with Gasteiger partial charge in [0.1, 0.15) is 6.04 Å². The fraction of sp³-hybridized carbons (Fsp3) is 0.562. The molecule has 3 nitrogen and oxygen atoms in total. The topological polar surface area (TPSA) is 32.3 Å². The third-order valence-electron chi connectivity index (χ3n) is 4.19. The number of nitrogens with one attached hydrogen (secondary N) is 1. The van der Waals surface area contributed by atoms with E-state index in [1.165, 1.54) is 5.56 Å². The maximum absolute atomic E-state index is 12.7. The van der Waals surface area contributed by atoms with Crippen LogP contribution in [0, 0.1) is 0 Å². The zero-order chi connectivity index (χ0) is 13.8. The molecule has 104 valence electrons. The molecule has 1 unspecified atom stereocenters. The van der Waals surface area contributed by atoms with Gasteiger partial charge >= 0.3 is 0 Å². The van der Waals surface area contributed by atoms with Gasteiger partial charge in [-0.05, 0) is 30.4 Å². The van der Waals surface area contributed by atoms with Gasteiger partial charge in [0.15, 0.2) is 0 Å². The van der Waals surface area contributed by atoms with Crippen molar-refractivity contribution < 1.29 is 4.79 Å². The highest BCUT2D eigenvalue weighted by Gasteiger charge is 2.29. The molecule has 1 heterocycles. The van der Waals surface area contributed by atoms with Crippen LogP contribution in [0.2, 0.25) is 0 Å². The van der Waals surface area contributed by atoms with E-state index in [2.05, 4.69) is 37.4 Å². The molecular weight excluding hydrogens is 236 g/mol. The predicted molar refractivity (Wildman–Crippen MR) is 78.0 cm³/mol. The van der Waals surface area contributed by atoms with E-state index < -0.39 is 0 Å². The average Bonchev–Trinajstić information content (AvgIpc) is 2.47. The van der Waals surface area contributed by atoms with Crippen molar-refractivity contribution in [3.8, 4) is 0 Å². The zero-order valence-electron chi connectivity index (χ0n) is 12.1. The van der Waals surface area contributed by atoms with Crippen molar-refractivity contribution in [3.05, 3.63) is 35.4 Å². The quantitative estimate of drug-likeness (QED) is 0.902. The molecule has 19 heavy (non-hydrogen) atoms. The molecule has 1 N–H and O–H groups in total. The SMILES string of the molecule is CCC(CC)N(C)C(=O)C1NCCc2ccccc21. The largest absolute Gasteiger partial charge is 0.341 e. The van der Waals surface area contributed by atoms with Crippen LogP contribution in [0.25, 0.3) is 0 Å². The smallest absolute Gasteiger partial charge is 0.244 e. The lowest BCUT2D eigenvalue weighted by Crippen LogP contribution is -2.45. The summed E-state index contributed by atoms with van der Waals surface area (Å²) in [4.78, 5) is 14.6. The molecule has 1 aliphatic heterocycles. The van der Waals surface area contributed by atoms with Crippen LogP contribution in [0.1, 0.15) is 43.9 Å². The number of fused-ring (bicyclic) bond motifs is 1. The van der Waals surface area contributed by atoms with E-state index in [1.807, 2.05) is 18.0 Å². The number of nitrogens with zero attached hydrogens (tertiary/aromatic N) is 1. The molecule has 3 heteroatoms. The number of carbonyl (C=O) groups is 1. The number of amides is 1. The number of hydrogen-bond acceptors (Lipinski definition) is 2. The molecule has 0 saturated carbocycles. The summed E-state index contributed by atoms with van der Waals surface area (Å²) in [5, 5.41) is 3.37. The molecule has 2 rings (SSSR count). The fourth-order valence-corrected chi connectivity index (χ4v) is 2.94. The van der Waals surface area contributed by atoms with Gasteiger partial charge in [-0.1, -0.05) is 38.1 Å². The van der Waals surface area contributed by atoms with Crippen LogP contribution in [-0.4, -0.2) is 30.4 Å². The number of carbonyl (C=O) groups excluding carboxylic acids is 1. The molecule has 1 aliphatic rings. The van der Waals surface area contributed by atoms with Crippen LogP contribution >= 0.6 is 0 Å². The van der Waals surface area contributed by atoms with Gasteiger partial charge in [-0.15, -0.1) is 0 Å². The average molecular weight is 260 g/mol. The lowest BCUT2D eigenvalue weighted by atomic mass is 9.93. The molecule has 0 saturated heterocycles. The molecule has 1 aromatic carbocycles. The number of likely N-dealkylation sites (N-methyl/N-ethyl adjacent to an activating group) is 1. The molecule has 1 aromatic rings. The second-order valence-electron chi connectivity index (χ2n) is 5.26. The van der Waals surface area contributed by atoms with Crippen LogP contribution in [0.4, 0.5) is 0 Å². The highest BCUT2D eigenvalue weighted by atomic mass is 16.2. The van der Waals surface area contributed by atoms with Gasteiger partial charge in [0.05, 0.1) is 0 Å². The fourth-order valence-electron chi connectivity index (χ4n) is 2.94. The van der Waals surface area contributed by atoms with Crippen LogP contribution in [0.15, 0.2) is 24.3 Å². The highest BCUT2D eigenvalue weighted by molar-refractivity contribution is 5.84. The predicted octanol–water partition coefficient (Wildman–Crippen LogP) is 2.52. The van der Waals surface area contributed by atoms with E-state index in [-0.39, 0.29) is 11.9 Å². The number of rotatable bonds is 4. The Morgan fingerprint density at radius 3 is 2.74 bits per heavy atom. The van der Waals surface area contributed by atoms with Gasteiger partial charge in [-0.2, -0.15) is 0 Å². The molecule has 0 aromatic heterocycles. The maximum atomic E-state index is 12.7. The Balaban J connectivity index is 2.21. The summed E-state index contributed by atoms with van der Waals surface area (Å²) in [5.74, 6) is 0.195. The Hall–Kier alpha value is -1.35. The van der Waals surface area contributed by atoms with Gasteiger partial charge in [-0.3, -0.25) is 4.79 Å². The minimum absolute atomic E-state index is 0.171. The van der Waals surface area contributed by atoms with Crippen LogP contribution < -0.4 is 5.32 Å². The number of benzene rings is 1. The van der Waals surface area contributed by atoms with Crippen molar-refractivity contribution >= 4 is 5.91 Å². The minimum atomic E-state index is -0.171. The van der Waals surface area contributed by atoms with Crippen molar-refractivity contribution in [1.29, 1.82) is 0 Å². The summed E-state index contributed by atoms with van der Waals surface area (Å²) in [6.07, 6.45) is 3.02. The lowest BCUT2D eigenvalue weighted by molar-refractivity contribution is -0.134. The Labute approximate surface area is 116 Å². The lowest BCUT2D eigenvalue weighted by Gasteiger charge is -2.33. The first-order valence-electron chi connectivity index (χ1n) is 7.26. The van der Waals surface area contributed by atoms with Gasteiger partial charge in [0.25, 0.3) is 0 Å². The summed E-state index contributed by atoms with van der Waals surface area (Å²) in [6, 6.07) is 8.44. The molecule has 0 fully saturated rings. The van der Waals surface area contributed by atoms with Gasteiger partial charge in [-0.25, -0.2) is 0 Å². The molecule has 0 bridgehead atoms. The van der Waals surface area contributed by atoms with E-state index in [1.54, 1.807) is 0 Å². The van der Waals surface area contributed by atoms with Crippen LogP contribution in [-0.2, 0) is 11.2 Å². The van der Waals surface area contributed by atoms with Crippen LogP contribution in [0.5, 0.6) is 0 Å². The first-order chi connectivity index (χ1) is 9.19. The van der Waals surface area contributed by atoms with E-state index in [0.717, 1.165) is 31.4 Å². The van der Waals surface area contributed by atoms with Crippen molar-refractivity contribution in [2.75, 3.05) is 13.6 Å². The second-order valence-corrected chi connectivity index (χ2v) is 5.26. The van der Waals surface area contributed by atoms with E-state index in [0.29, 0.717) is 6.04 Å². The first kappa shape index (κ1) is 14.1. The molecular formula is C16H24N2O. The van der Waals surface area contributed by atoms with Crippen molar-refractivity contribution in [2.45, 2.75) is 45.2 Å². The van der Waals surface area contributed by atoms with E-state index in [9.17, 15) is 4.79 Å². The third-order valence-corrected chi connectivity index (χ3v) is 4.19. The normalized spacial score (nSPS) is 18.2.